The fourth-order valence-electron chi connectivity index (χ4n) is 0.747. The molecule has 1 heterocycles. The maximum absolute atomic E-state index is 11.1. The van der Waals surface area contributed by atoms with Crippen LogP contribution < -0.4 is 9.30 Å². The number of hydrogen-bond acceptors (Lipinski definition) is 2. The van der Waals surface area contributed by atoms with Crippen LogP contribution in [0.25, 0.3) is 0 Å². The van der Waals surface area contributed by atoms with Gasteiger partial charge in [0, 0.05) is 26.2 Å². The van der Waals surface area contributed by atoms with Gasteiger partial charge in [-0.1, -0.05) is 0 Å². The van der Waals surface area contributed by atoms with Crippen molar-refractivity contribution in [3.8, 4) is 5.75 Å². The predicted molar refractivity (Wildman–Crippen MR) is 47.3 cm³/mol. The van der Waals surface area contributed by atoms with Crippen molar-refractivity contribution in [2.75, 3.05) is 14.1 Å². The lowest BCUT2D eigenvalue weighted by molar-refractivity contribution is -0.671. The molecule has 0 fully saturated rings. The molecule has 13 heavy (non-hydrogen) atoms. The van der Waals surface area contributed by atoms with E-state index in [1.54, 1.807) is 26.2 Å². The maximum atomic E-state index is 11.1. The Bertz CT molecular complexity index is 293. The van der Waals surface area contributed by atoms with Crippen LogP contribution >= 0.6 is 0 Å². The molecular weight excluding hydrogens is 168 g/mol. The van der Waals surface area contributed by atoms with Gasteiger partial charge < -0.3 is 9.64 Å². The molecule has 0 unspecified atom stereocenters. The summed E-state index contributed by atoms with van der Waals surface area (Å²) in [5.74, 6) is 0.553. The van der Waals surface area contributed by atoms with Crippen molar-refractivity contribution in [2.24, 2.45) is 7.05 Å². The Hall–Kier alpha value is -1.58. The van der Waals surface area contributed by atoms with E-state index in [-0.39, 0.29) is 6.09 Å². The van der Waals surface area contributed by atoms with Gasteiger partial charge in [0.25, 0.3) is 0 Å². The number of rotatable bonds is 1. The van der Waals surface area contributed by atoms with Gasteiger partial charge in [-0.25, -0.2) is 9.36 Å². The number of ether oxygens (including phenoxy) is 1. The highest BCUT2D eigenvalue weighted by molar-refractivity contribution is 5.69. The molecule has 4 nitrogen and oxygen atoms in total. The highest BCUT2D eigenvalue weighted by Crippen LogP contribution is 2.06. The van der Waals surface area contributed by atoms with Gasteiger partial charge in [0.2, 0.25) is 0 Å². The Morgan fingerprint density at radius 2 is 1.92 bits per heavy atom. The molecular formula is C9H13N2O2+. The first kappa shape index (κ1) is 9.51. The van der Waals surface area contributed by atoms with Gasteiger partial charge in [-0.2, -0.15) is 0 Å². The minimum atomic E-state index is -0.367. The third-order valence-electron chi connectivity index (χ3n) is 1.52. The van der Waals surface area contributed by atoms with E-state index in [4.69, 9.17) is 4.74 Å². The summed E-state index contributed by atoms with van der Waals surface area (Å²) in [6.07, 6.45) is 3.27. The average molecular weight is 181 g/mol. The second kappa shape index (κ2) is 3.89. The van der Waals surface area contributed by atoms with Crippen molar-refractivity contribution in [1.82, 2.24) is 4.90 Å². The van der Waals surface area contributed by atoms with Crippen LogP contribution in [0, 0.1) is 0 Å². The van der Waals surface area contributed by atoms with Crippen molar-refractivity contribution < 1.29 is 14.1 Å². The fourth-order valence-corrected chi connectivity index (χ4v) is 0.747. The van der Waals surface area contributed by atoms with Crippen LogP contribution in [-0.2, 0) is 7.05 Å². The Kier molecular flexibility index (Phi) is 2.84. The zero-order valence-corrected chi connectivity index (χ0v) is 8.02. The van der Waals surface area contributed by atoms with Crippen LogP contribution in [0.1, 0.15) is 0 Å². The van der Waals surface area contributed by atoms with E-state index in [0.717, 1.165) is 0 Å². The highest BCUT2D eigenvalue weighted by Gasteiger charge is 2.06. The summed E-state index contributed by atoms with van der Waals surface area (Å²) in [5.41, 5.74) is 0. The summed E-state index contributed by atoms with van der Waals surface area (Å²) < 4.78 is 6.87. The molecule has 0 N–H and O–H groups in total. The smallest absolute Gasteiger partial charge is 0.410 e. The minimum absolute atomic E-state index is 0.367. The van der Waals surface area contributed by atoms with Gasteiger partial charge in [0.15, 0.2) is 12.4 Å². The predicted octanol–water partition coefficient (Wildman–Crippen LogP) is 0.571. The van der Waals surface area contributed by atoms with E-state index < -0.39 is 0 Å². The number of aromatic nitrogens is 1. The number of amides is 1. The lowest BCUT2D eigenvalue weighted by Crippen LogP contribution is -2.28. The summed E-state index contributed by atoms with van der Waals surface area (Å²) in [6, 6.07) is 3.48. The van der Waals surface area contributed by atoms with Crippen molar-refractivity contribution >= 4 is 6.09 Å². The second-order valence-corrected chi connectivity index (χ2v) is 2.96. The zero-order chi connectivity index (χ0) is 9.84. The lowest BCUT2D eigenvalue weighted by Gasteiger charge is -2.09. The molecule has 0 atom stereocenters. The summed E-state index contributed by atoms with van der Waals surface area (Å²) in [5, 5.41) is 0. The van der Waals surface area contributed by atoms with Crippen molar-refractivity contribution in [3.05, 3.63) is 24.5 Å². The molecule has 1 aromatic heterocycles. The standard InChI is InChI=1S/C9H13N2O2/c1-10(2)9(12)13-8-4-6-11(3)7-5-8/h4-7H,1-3H3/q+1. The average Bonchev–Trinajstić information content (AvgIpc) is 2.08. The monoisotopic (exact) mass is 181 g/mol. The van der Waals surface area contributed by atoms with Gasteiger partial charge in [-0.05, 0) is 0 Å². The molecule has 1 aromatic rings. The van der Waals surface area contributed by atoms with Gasteiger partial charge in [0.1, 0.15) is 12.8 Å². The Morgan fingerprint density at radius 3 is 2.38 bits per heavy atom. The van der Waals surface area contributed by atoms with E-state index in [2.05, 4.69) is 0 Å². The third-order valence-corrected chi connectivity index (χ3v) is 1.52. The summed E-state index contributed by atoms with van der Waals surface area (Å²) in [4.78, 5) is 12.5. The number of carbonyl (C=O) groups excluding carboxylic acids is 1. The van der Waals surface area contributed by atoms with Crippen LogP contribution in [0.3, 0.4) is 0 Å². The molecule has 0 radical (unpaired) electrons. The summed E-state index contributed by atoms with van der Waals surface area (Å²) >= 11 is 0. The topological polar surface area (TPSA) is 33.4 Å². The van der Waals surface area contributed by atoms with Crippen molar-refractivity contribution in [1.29, 1.82) is 0 Å². The number of nitrogens with zero attached hydrogens (tertiary/aromatic N) is 2. The van der Waals surface area contributed by atoms with E-state index in [0.29, 0.717) is 5.75 Å². The minimum Gasteiger partial charge on any atom is -0.410 e. The summed E-state index contributed by atoms with van der Waals surface area (Å²) in [7, 11) is 5.19. The first-order chi connectivity index (χ1) is 6.09. The van der Waals surface area contributed by atoms with Crippen molar-refractivity contribution in [2.45, 2.75) is 0 Å². The molecule has 0 saturated heterocycles. The third kappa shape index (κ3) is 2.74. The van der Waals surface area contributed by atoms with E-state index in [1.807, 2.05) is 24.0 Å². The second-order valence-electron chi connectivity index (χ2n) is 2.96. The maximum Gasteiger partial charge on any atom is 0.414 e. The quantitative estimate of drug-likeness (QED) is 0.593. The molecule has 0 aliphatic carbocycles. The zero-order valence-electron chi connectivity index (χ0n) is 8.02. The molecule has 0 aromatic carbocycles. The number of aryl methyl sites for hydroxylation is 1. The Labute approximate surface area is 77.4 Å². The lowest BCUT2D eigenvalue weighted by atomic mass is 10.4. The van der Waals surface area contributed by atoms with E-state index >= 15 is 0 Å². The molecule has 0 bridgehead atoms. The largest absolute Gasteiger partial charge is 0.414 e. The van der Waals surface area contributed by atoms with Gasteiger partial charge in [-0.15, -0.1) is 0 Å². The number of pyridine rings is 1. The molecule has 1 rings (SSSR count). The van der Waals surface area contributed by atoms with Crippen LogP contribution in [0.15, 0.2) is 24.5 Å². The van der Waals surface area contributed by atoms with Crippen LogP contribution in [0.5, 0.6) is 5.75 Å². The number of carbonyl (C=O) groups is 1. The van der Waals surface area contributed by atoms with Gasteiger partial charge in [-0.3, -0.25) is 0 Å². The first-order valence-electron chi connectivity index (χ1n) is 3.94. The van der Waals surface area contributed by atoms with Crippen LogP contribution in [-0.4, -0.2) is 25.1 Å². The molecule has 0 aliphatic heterocycles. The SMILES string of the molecule is CN(C)C(=O)Oc1cc[n+](C)cc1. The molecule has 70 valence electrons. The molecule has 4 heteroatoms. The Balaban J connectivity index is 2.65. The molecule has 0 spiro atoms. The Morgan fingerprint density at radius 1 is 1.38 bits per heavy atom. The van der Waals surface area contributed by atoms with Crippen molar-refractivity contribution in [3.63, 3.8) is 0 Å². The molecule has 0 aliphatic rings. The fraction of sp³-hybridized carbons (Fsp3) is 0.333. The highest BCUT2D eigenvalue weighted by atomic mass is 16.6. The van der Waals surface area contributed by atoms with Gasteiger partial charge in [0.05, 0.1) is 0 Å². The first-order valence-corrected chi connectivity index (χ1v) is 3.94. The number of hydrogen-bond donors (Lipinski definition) is 0. The van der Waals surface area contributed by atoms with E-state index in [1.165, 1.54) is 4.90 Å². The van der Waals surface area contributed by atoms with Crippen LogP contribution in [0.2, 0.25) is 0 Å². The van der Waals surface area contributed by atoms with Gasteiger partial charge >= 0.3 is 6.09 Å². The molecule has 0 saturated carbocycles. The molecule has 1 amide bonds. The van der Waals surface area contributed by atoms with Crippen LogP contribution in [0.4, 0.5) is 4.79 Å². The van der Waals surface area contributed by atoms with E-state index in [9.17, 15) is 4.79 Å². The summed E-state index contributed by atoms with van der Waals surface area (Å²) in [6.45, 7) is 0. The normalized spacial score (nSPS) is 9.46.